The molecule has 0 saturated carbocycles. The summed E-state index contributed by atoms with van der Waals surface area (Å²) in [6.07, 6.45) is 3.89. The third-order valence-corrected chi connectivity index (χ3v) is 4.51. The number of anilines is 2. The van der Waals surface area contributed by atoms with E-state index < -0.39 is 0 Å². The highest BCUT2D eigenvalue weighted by molar-refractivity contribution is 6.03. The number of hydrogen-bond acceptors (Lipinski definition) is 4. The summed E-state index contributed by atoms with van der Waals surface area (Å²) in [5.41, 5.74) is 3.38. The van der Waals surface area contributed by atoms with Gasteiger partial charge in [-0.25, -0.2) is 9.97 Å². The van der Waals surface area contributed by atoms with Crippen molar-refractivity contribution in [3.05, 3.63) is 47.4 Å². The fourth-order valence-corrected chi connectivity index (χ4v) is 3.10. The number of benzene rings is 1. The predicted octanol–water partition coefficient (Wildman–Crippen LogP) is 3.58. The Kier molecular flexibility index (Phi) is 4.79. The molecular formula is C19H24N4O. The maximum atomic E-state index is 12.6. The van der Waals surface area contributed by atoms with Gasteiger partial charge < -0.3 is 10.2 Å². The topological polar surface area (TPSA) is 58.1 Å². The van der Waals surface area contributed by atoms with E-state index in [1.54, 1.807) is 6.07 Å². The highest BCUT2D eigenvalue weighted by Gasteiger charge is 2.19. The molecule has 1 atom stereocenters. The molecule has 0 spiro atoms. The Labute approximate surface area is 143 Å². The molecular weight excluding hydrogens is 300 g/mol. The second-order valence-electron chi connectivity index (χ2n) is 6.73. The van der Waals surface area contributed by atoms with Crippen LogP contribution in [0.25, 0.3) is 0 Å². The summed E-state index contributed by atoms with van der Waals surface area (Å²) in [4.78, 5) is 23.3. The van der Waals surface area contributed by atoms with Crippen molar-refractivity contribution in [3.8, 4) is 0 Å². The van der Waals surface area contributed by atoms with Crippen LogP contribution in [-0.2, 0) is 0 Å². The highest BCUT2D eigenvalue weighted by Crippen LogP contribution is 2.22. The third kappa shape index (κ3) is 3.72. The summed E-state index contributed by atoms with van der Waals surface area (Å²) < 4.78 is 0. The largest absolute Gasteiger partial charge is 0.356 e. The van der Waals surface area contributed by atoms with Crippen molar-refractivity contribution < 1.29 is 4.79 Å². The second-order valence-corrected chi connectivity index (χ2v) is 6.73. The van der Waals surface area contributed by atoms with Crippen molar-refractivity contribution in [2.45, 2.75) is 33.6 Å². The van der Waals surface area contributed by atoms with Crippen LogP contribution in [0, 0.1) is 19.8 Å². The number of carbonyl (C=O) groups excluding carboxylic acids is 1. The molecule has 1 aliphatic heterocycles. The molecule has 5 nitrogen and oxygen atoms in total. The van der Waals surface area contributed by atoms with Crippen LogP contribution in [0.2, 0.25) is 0 Å². The minimum Gasteiger partial charge on any atom is -0.356 e. The maximum absolute atomic E-state index is 12.6. The van der Waals surface area contributed by atoms with E-state index in [9.17, 15) is 4.79 Å². The van der Waals surface area contributed by atoms with Gasteiger partial charge in [0, 0.05) is 24.8 Å². The normalized spacial score (nSPS) is 17.6. The molecule has 24 heavy (non-hydrogen) atoms. The molecule has 5 heteroatoms. The maximum Gasteiger partial charge on any atom is 0.274 e. The molecule has 1 aliphatic rings. The Morgan fingerprint density at radius 1 is 1.25 bits per heavy atom. The quantitative estimate of drug-likeness (QED) is 0.937. The van der Waals surface area contributed by atoms with Crippen molar-refractivity contribution >= 4 is 17.4 Å². The number of piperidine rings is 1. The molecule has 2 aromatic rings. The number of carbonyl (C=O) groups is 1. The molecule has 1 aromatic carbocycles. The summed E-state index contributed by atoms with van der Waals surface area (Å²) in [7, 11) is 0. The Morgan fingerprint density at radius 2 is 2.08 bits per heavy atom. The number of aryl methyl sites for hydroxylation is 2. The Balaban J connectivity index is 1.78. The second kappa shape index (κ2) is 6.99. The molecule has 1 unspecified atom stereocenters. The summed E-state index contributed by atoms with van der Waals surface area (Å²) in [6.45, 7) is 8.21. The van der Waals surface area contributed by atoms with E-state index in [-0.39, 0.29) is 5.91 Å². The van der Waals surface area contributed by atoms with Crippen LogP contribution < -0.4 is 10.2 Å². The molecule has 1 N–H and O–H groups in total. The lowest BCUT2D eigenvalue weighted by molar-refractivity contribution is 0.102. The molecule has 1 aromatic heterocycles. The minimum absolute atomic E-state index is 0.197. The molecule has 1 fully saturated rings. The number of aromatic nitrogens is 2. The number of rotatable bonds is 3. The van der Waals surface area contributed by atoms with Gasteiger partial charge in [-0.1, -0.05) is 19.1 Å². The van der Waals surface area contributed by atoms with Gasteiger partial charge >= 0.3 is 0 Å². The summed E-state index contributed by atoms with van der Waals surface area (Å²) in [5, 5.41) is 2.96. The van der Waals surface area contributed by atoms with Gasteiger partial charge in [-0.05, 0) is 49.8 Å². The first kappa shape index (κ1) is 16.4. The molecule has 1 saturated heterocycles. The lowest BCUT2D eigenvalue weighted by atomic mass is 10.0. The lowest BCUT2D eigenvalue weighted by Crippen LogP contribution is -2.35. The van der Waals surface area contributed by atoms with Crippen molar-refractivity contribution in [1.82, 2.24) is 9.97 Å². The fourth-order valence-electron chi connectivity index (χ4n) is 3.10. The van der Waals surface area contributed by atoms with Gasteiger partial charge in [0.25, 0.3) is 5.91 Å². The smallest absolute Gasteiger partial charge is 0.274 e. The van der Waals surface area contributed by atoms with Gasteiger partial charge in [0.15, 0.2) is 0 Å². The molecule has 1 amide bonds. The number of hydrogen-bond donors (Lipinski definition) is 1. The van der Waals surface area contributed by atoms with E-state index in [2.05, 4.69) is 27.1 Å². The van der Waals surface area contributed by atoms with Gasteiger partial charge in [0.05, 0.1) is 0 Å². The van der Waals surface area contributed by atoms with Crippen LogP contribution >= 0.6 is 0 Å². The van der Waals surface area contributed by atoms with Gasteiger partial charge in [-0.2, -0.15) is 0 Å². The van der Waals surface area contributed by atoms with Crippen LogP contribution in [0.4, 0.5) is 11.5 Å². The van der Waals surface area contributed by atoms with Crippen LogP contribution in [0.1, 0.15) is 41.4 Å². The van der Waals surface area contributed by atoms with Crippen LogP contribution in [0.3, 0.4) is 0 Å². The van der Waals surface area contributed by atoms with E-state index in [1.165, 1.54) is 12.7 Å². The van der Waals surface area contributed by atoms with Crippen molar-refractivity contribution in [3.63, 3.8) is 0 Å². The third-order valence-electron chi connectivity index (χ3n) is 4.51. The summed E-state index contributed by atoms with van der Waals surface area (Å²) >= 11 is 0. The molecule has 0 aliphatic carbocycles. The Hall–Kier alpha value is -2.43. The molecule has 0 radical (unpaired) electrons. The van der Waals surface area contributed by atoms with Gasteiger partial charge in [-0.3, -0.25) is 4.79 Å². The minimum atomic E-state index is -0.197. The number of amides is 1. The average molecular weight is 324 g/mol. The van der Waals surface area contributed by atoms with Gasteiger partial charge in [0.1, 0.15) is 17.8 Å². The molecule has 2 heterocycles. The van der Waals surface area contributed by atoms with Crippen LogP contribution in [0.5, 0.6) is 0 Å². The number of nitrogens with zero attached hydrogens (tertiary/aromatic N) is 3. The van der Waals surface area contributed by atoms with Crippen LogP contribution in [0.15, 0.2) is 30.6 Å². The van der Waals surface area contributed by atoms with E-state index in [0.717, 1.165) is 42.1 Å². The zero-order valence-corrected chi connectivity index (χ0v) is 14.5. The fraction of sp³-hybridized carbons (Fsp3) is 0.421. The summed E-state index contributed by atoms with van der Waals surface area (Å²) in [5.74, 6) is 1.29. The van der Waals surface area contributed by atoms with E-state index >= 15 is 0 Å². The van der Waals surface area contributed by atoms with Crippen LogP contribution in [-0.4, -0.2) is 29.0 Å². The van der Waals surface area contributed by atoms with Crippen molar-refractivity contribution in [1.29, 1.82) is 0 Å². The molecule has 3 rings (SSSR count). The SMILES string of the molecule is Cc1ccc(C)c(NC(=O)c2cc(N3CCCC(C)C3)ncn2)c1. The van der Waals surface area contributed by atoms with E-state index in [1.807, 2.05) is 32.0 Å². The first-order valence-corrected chi connectivity index (χ1v) is 8.48. The average Bonchev–Trinajstić information content (AvgIpc) is 2.58. The van der Waals surface area contributed by atoms with Crippen molar-refractivity contribution in [2.24, 2.45) is 5.92 Å². The zero-order valence-electron chi connectivity index (χ0n) is 14.5. The first-order valence-electron chi connectivity index (χ1n) is 8.48. The predicted molar refractivity (Wildman–Crippen MR) is 96.5 cm³/mol. The monoisotopic (exact) mass is 324 g/mol. The standard InChI is InChI=1S/C19H24N4O/c1-13-6-7-15(3)16(9-13)22-19(24)17-10-18(21-12-20-17)23-8-4-5-14(2)11-23/h6-7,9-10,12,14H,4-5,8,11H2,1-3H3,(H,22,24). The summed E-state index contributed by atoms with van der Waals surface area (Å²) in [6, 6.07) is 7.80. The van der Waals surface area contributed by atoms with Gasteiger partial charge in [0.2, 0.25) is 0 Å². The van der Waals surface area contributed by atoms with E-state index in [4.69, 9.17) is 0 Å². The van der Waals surface area contributed by atoms with E-state index in [0.29, 0.717) is 11.6 Å². The zero-order chi connectivity index (χ0) is 17.1. The lowest BCUT2D eigenvalue weighted by Gasteiger charge is -2.31. The molecule has 126 valence electrons. The first-order chi connectivity index (χ1) is 11.5. The van der Waals surface area contributed by atoms with Crippen molar-refractivity contribution in [2.75, 3.05) is 23.3 Å². The Bertz CT molecular complexity index is 744. The van der Waals surface area contributed by atoms with Gasteiger partial charge in [-0.15, -0.1) is 0 Å². The number of nitrogens with one attached hydrogen (secondary N) is 1. The highest BCUT2D eigenvalue weighted by atomic mass is 16.1. The Morgan fingerprint density at radius 3 is 2.88 bits per heavy atom. The molecule has 0 bridgehead atoms.